The maximum absolute atomic E-state index is 11.0. The molecule has 0 nitrogen and oxygen atoms in total. The van der Waals surface area contributed by atoms with Gasteiger partial charge in [0.2, 0.25) is 0 Å². The predicted octanol–water partition coefficient (Wildman–Crippen LogP) is 5.42. The van der Waals surface area contributed by atoms with Crippen LogP contribution in [-0.4, -0.2) is 6.18 Å². The molecule has 0 spiro atoms. The van der Waals surface area contributed by atoms with E-state index in [0.717, 1.165) is 0 Å². The summed E-state index contributed by atoms with van der Waals surface area (Å²) in [4.78, 5) is 0. The third kappa shape index (κ3) is 31.4. The first-order valence-electron chi connectivity index (χ1n) is 3.10. The van der Waals surface area contributed by atoms with Crippen LogP contribution >= 0.6 is 0 Å². The summed E-state index contributed by atoms with van der Waals surface area (Å²) >= 11 is 0. The van der Waals surface area contributed by atoms with E-state index in [-0.39, 0.29) is 0 Å². The maximum atomic E-state index is 11.0. The molecule has 0 heterocycles. The zero-order valence-electron chi connectivity index (χ0n) is 7.69. The molecule has 0 bridgehead atoms. The molecule has 0 amide bonds. The lowest BCUT2D eigenvalue weighted by Crippen LogP contribution is -2.08. The average Bonchev–Trinajstić information content (AvgIpc) is 1.98. The van der Waals surface area contributed by atoms with Gasteiger partial charge >= 0.3 is 12.3 Å². The van der Waals surface area contributed by atoms with Crippen molar-refractivity contribution in [2.24, 2.45) is 0 Å². The third-order valence-corrected chi connectivity index (χ3v) is 0.415. The van der Waals surface area contributed by atoms with Gasteiger partial charge in [0.05, 0.1) is 0 Å². The molecule has 0 radical (unpaired) electrons. The molecule has 0 aromatic rings. The van der Waals surface area contributed by atoms with E-state index in [1.54, 1.807) is 0 Å². The highest BCUT2D eigenvalue weighted by molar-refractivity contribution is 4.98. The van der Waals surface area contributed by atoms with Gasteiger partial charge in [-0.3, -0.25) is 0 Å². The van der Waals surface area contributed by atoms with Crippen LogP contribution in [0.5, 0.6) is 0 Å². The van der Waals surface area contributed by atoms with Crippen molar-refractivity contribution in [3.05, 3.63) is 37.2 Å². The topological polar surface area (TPSA) is 0 Å². The summed E-state index contributed by atoms with van der Waals surface area (Å²) in [5.74, 6) is -3.33. The molecule has 0 aliphatic heterocycles. The molecular weight excluding hydrogens is 274 g/mol. The quantitative estimate of drug-likeness (QED) is 0.519. The molecule has 0 aromatic carbocycles. The number of rotatable bonds is 0. The molecule has 0 aromatic heterocycles. The van der Waals surface area contributed by atoms with Gasteiger partial charge in [-0.2, -0.15) is 43.9 Å². The minimum atomic E-state index is -5.56. The molecule has 0 saturated heterocycles. The van der Waals surface area contributed by atoms with Crippen LogP contribution in [-0.2, 0) is 0 Å². The Balaban J connectivity index is -0.000000205. The van der Waals surface area contributed by atoms with E-state index >= 15 is 0 Å². The monoisotopic (exact) mass is 278 g/mol. The van der Waals surface area contributed by atoms with Crippen LogP contribution in [0.25, 0.3) is 0 Å². The summed E-state index contributed by atoms with van der Waals surface area (Å²) in [6.45, 7) is 4.44. The number of hydrogen-bond acceptors (Lipinski definition) is 0. The molecule has 0 fully saturated rings. The van der Waals surface area contributed by atoms with E-state index in [4.69, 9.17) is 0 Å². The number of alkyl halides is 3. The van der Waals surface area contributed by atoms with Crippen LogP contribution in [0.3, 0.4) is 0 Å². The molecule has 0 atom stereocenters. The Kier molecular flexibility index (Phi) is 11.9. The predicted molar refractivity (Wildman–Crippen MR) is 39.1 cm³/mol. The Morgan fingerprint density at radius 3 is 0.824 bits per heavy atom. The lowest BCUT2D eigenvalue weighted by Gasteiger charge is -1.98. The van der Waals surface area contributed by atoms with E-state index in [1.807, 2.05) is 0 Å². The fourth-order valence-corrected chi connectivity index (χ4v) is 0.107. The first-order valence-corrected chi connectivity index (χ1v) is 3.10. The highest BCUT2D eigenvalue weighted by atomic mass is 19.4. The van der Waals surface area contributed by atoms with Crippen molar-refractivity contribution in [1.82, 2.24) is 0 Å². The van der Waals surface area contributed by atoms with E-state index in [1.165, 1.54) is 0 Å². The van der Waals surface area contributed by atoms with Crippen molar-refractivity contribution < 1.29 is 43.9 Å². The van der Waals surface area contributed by atoms with Crippen LogP contribution in [0.15, 0.2) is 37.2 Å². The maximum Gasteiger partial charge on any atom is 0.448 e. The molecule has 0 unspecified atom stereocenters. The van der Waals surface area contributed by atoms with Crippen molar-refractivity contribution in [2.75, 3.05) is 0 Å². The van der Waals surface area contributed by atoms with Gasteiger partial charge in [-0.25, -0.2) is 0 Å². The summed E-state index contributed by atoms with van der Waals surface area (Å²) in [6.07, 6.45) is -12.6. The van der Waals surface area contributed by atoms with Gasteiger partial charge in [0, 0.05) is 0 Å². The van der Waals surface area contributed by atoms with Crippen molar-refractivity contribution >= 4 is 0 Å². The Morgan fingerprint density at radius 1 is 0.647 bits per heavy atom. The Labute approximate surface area is 88.5 Å². The molecule has 0 aliphatic rings. The normalized spacial score (nSPS) is 9.06. The molecule has 10 heteroatoms. The zero-order valence-corrected chi connectivity index (χ0v) is 7.69. The van der Waals surface area contributed by atoms with Crippen molar-refractivity contribution in [2.45, 2.75) is 6.18 Å². The van der Waals surface area contributed by atoms with Gasteiger partial charge in [-0.15, -0.1) is 0 Å². The average molecular weight is 278 g/mol. The molecule has 102 valence electrons. The SMILES string of the molecule is C=C(F)F.C=C(F)F.FC(F)=C(F)C(F)(F)F. The van der Waals surface area contributed by atoms with Crippen molar-refractivity contribution in [3.63, 3.8) is 0 Å². The first-order chi connectivity index (χ1) is 7.32. The van der Waals surface area contributed by atoms with Crippen LogP contribution < -0.4 is 0 Å². The third-order valence-electron chi connectivity index (χ3n) is 0.415. The van der Waals surface area contributed by atoms with Crippen LogP contribution in [0.2, 0.25) is 0 Å². The number of allylic oxidation sites excluding steroid dienone is 1. The summed E-state index contributed by atoms with van der Waals surface area (Å²) in [5.41, 5.74) is 0. The molecule has 0 aliphatic carbocycles. The van der Waals surface area contributed by atoms with Gasteiger partial charge in [-0.05, 0) is 13.2 Å². The van der Waals surface area contributed by atoms with E-state index in [0.29, 0.717) is 0 Å². The fourth-order valence-electron chi connectivity index (χ4n) is 0.107. The van der Waals surface area contributed by atoms with Gasteiger partial charge in [-0.1, -0.05) is 0 Å². The molecule has 0 saturated carbocycles. The van der Waals surface area contributed by atoms with Crippen molar-refractivity contribution in [1.29, 1.82) is 0 Å². The Hall–Kier alpha value is -1.48. The fraction of sp³-hybridized carbons (Fsp3) is 0.143. The summed E-state index contributed by atoms with van der Waals surface area (Å²) in [7, 11) is 0. The number of hydrogen-bond donors (Lipinski definition) is 0. The smallest absolute Gasteiger partial charge is 0.196 e. The van der Waals surface area contributed by atoms with Crippen LogP contribution in [0, 0.1) is 0 Å². The first kappa shape index (κ1) is 20.9. The van der Waals surface area contributed by atoms with Crippen LogP contribution in [0.1, 0.15) is 0 Å². The molecular formula is C7H4F10. The molecule has 17 heavy (non-hydrogen) atoms. The Bertz CT molecular complexity index is 249. The minimum absolute atomic E-state index is 1.83. The standard InChI is InChI=1S/C3F6.2C2H2F2/c4-1(2(5)6)3(7,8)9;2*1-2(3)4/h;2*1H2. The largest absolute Gasteiger partial charge is 0.448 e. The highest BCUT2D eigenvalue weighted by Crippen LogP contribution is 2.29. The molecule has 0 rings (SSSR count). The second-order valence-electron chi connectivity index (χ2n) is 1.75. The lowest BCUT2D eigenvalue weighted by molar-refractivity contribution is -0.113. The number of halogens is 10. The lowest BCUT2D eigenvalue weighted by atomic mass is 10.6. The second kappa shape index (κ2) is 9.73. The zero-order chi connectivity index (χ0) is 14.8. The van der Waals surface area contributed by atoms with Gasteiger partial charge in [0.25, 0.3) is 18.0 Å². The molecule has 0 N–H and O–H groups in total. The van der Waals surface area contributed by atoms with E-state index in [9.17, 15) is 43.9 Å². The highest BCUT2D eigenvalue weighted by Gasteiger charge is 2.38. The minimum Gasteiger partial charge on any atom is -0.196 e. The van der Waals surface area contributed by atoms with Gasteiger partial charge in [0.1, 0.15) is 0 Å². The Morgan fingerprint density at radius 2 is 0.824 bits per heavy atom. The van der Waals surface area contributed by atoms with Crippen LogP contribution in [0.4, 0.5) is 43.9 Å². The second-order valence-corrected chi connectivity index (χ2v) is 1.75. The summed E-state index contributed by atoms with van der Waals surface area (Å²) in [5, 5.41) is 0. The summed E-state index contributed by atoms with van der Waals surface area (Å²) in [6, 6.07) is 0. The van der Waals surface area contributed by atoms with E-state index in [2.05, 4.69) is 13.2 Å². The van der Waals surface area contributed by atoms with Gasteiger partial charge in [0.15, 0.2) is 0 Å². The van der Waals surface area contributed by atoms with E-state index < -0.39 is 30.2 Å². The van der Waals surface area contributed by atoms with Crippen molar-refractivity contribution in [3.8, 4) is 0 Å². The summed E-state index contributed by atoms with van der Waals surface area (Å²) < 4.78 is 105. The van der Waals surface area contributed by atoms with Gasteiger partial charge < -0.3 is 0 Å².